The largest absolute Gasteiger partial charge is 0.316 e. The van der Waals surface area contributed by atoms with E-state index in [1.807, 2.05) is 0 Å². The summed E-state index contributed by atoms with van der Waals surface area (Å²) in [7, 11) is 0. The van der Waals surface area contributed by atoms with Crippen LogP contribution in [0, 0.1) is 0 Å². The highest BCUT2D eigenvalue weighted by atomic mass is 35.5. The van der Waals surface area contributed by atoms with Crippen molar-refractivity contribution in [3.8, 4) is 0 Å². The van der Waals surface area contributed by atoms with Crippen molar-refractivity contribution < 1.29 is 0 Å². The molecule has 0 spiro atoms. The molecule has 18 heavy (non-hydrogen) atoms. The third-order valence-corrected chi connectivity index (χ3v) is 5.59. The second-order valence-corrected chi connectivity index (χ2v) is 6.99. The zero-order chi connectivity index (χ0) is 12.4. The maximum Gasteiger partial charge on any atom is 0.0443 e. The molecule has 3 rings (SSSR count). The Hall–Kier alpha value is -0.180. The first-order valence-corrected chi connectivity index (χ1v) is 8.45. The first-order valence-electron chi connectivity index (χ1n) is 6.92. The highest BCUT2D eigenvalue weighted by Crippen LogP contribution is 2.37. The van der Waals surface area contributed by atoms with Gasteiger partial charge in [0.1, 0.15) is 0 Å². The summed E-state index contributed by atoms with van der Waals surface area (Å²) in [6, 6.07) is 6.81. The van der Waals surface area contributed by atoms with Gasteiger partial charge in [0, 0.05) is 11.6 Å². The summed E-state index contributed by atoms with van der Waals surface area (Å²) in [6.07, 6.45) is 3.82. The lowest BCUT2D eigenvalue weighted by molar-refractivity contribution is 0.636. The van der Waals surface area contributed by atoms with Gasteiger partial charge in [-0.1, -0.05) is 23.7 Å². The molecular formula is C15H20ClNS. The van der Waals surface area contributed by atoms with Gasteiger partial charge in [-0.2, -0.15) is 11.8 Å². The second-order valence-electron chi connectivity index (χ2n) is 5.36. The molecule has 3 heteroatoms. The van der Waals surface area contributed by atoms with E-state index < -0.39 is 0 Å². The lowest BCUT2D eigenvalue weighted by Gasteiger charge is -2.23. The molecule has 0 bridgehead atoms. The average Bonchev–Trinajstić information content (AvgIpc) is 2.93. The molecule has 1 aromatic rings. The van der Waals surface area contributed by atoms with Crippen LogP contribution in [-0.4, -0.2) is 24.6 Å². The van der Waals surface area contributed by atoms with Crippen LogP contribution in [0.15, 0.2) is 18.2 Å². The van der Waals surface area contributed by atoms with Crippen LogP contribution in [0.3, 0.4) is 0 Å². The monoisotopic (exact) mass is 281 g/mol. The van der Waals surface area contributed by atoms with Gasteiger partial charge in [0.05, 0.1) is 0 Å². The Bertz CT molecular complexity index is 409. The van der Waals surface area contributed by atoms with Crippen LogP contribution < -0.4 is 5.32 Å². The predicted molar refractivity (Wildman–Crippen MR) is 81.0 cm³/mol. The molecule has 2 aliphatic heterocycles. The molecule has 0 aromatic heterocycles. The summed E-state index contributed by atoms with van der Waals surface area (Å²) in [5, 5.41) is 4.42. The molecular weight excluding hydrogens is 262 g/mol. The van der Waals surface area contributed by atoms with Gasteiger partial charge in [-0.3, -0.25) is 0 Å². The SMILES string of the molecule is Clc1cc(C2CCNC2)ccc1C1CCSCC1. The maximum atomic E-state index is 6.51. The minimum Gasteiger partial charge on any atom is -0.316 e. The highest BCUT2D eigenvalue weighted by Gasteiger charge is 2.21. The predicted octanol–water partition coefficient (Wildman–Crippen LogP) is 4.03. The van der Waals surface area contributed by atoms with Gasteiger partial charge < -0.3 is 5.32 Å². The number of nitrogens with one attached hydrogen (secondary N) is 1. The Morgan fingerprint density at radius 3 is 2.61 bits per heavy atom. The standard InChI is InChI=1S/C15H20ClNS/c16-15-9-12(13-3-6-17-10-13)1-2-14(15)11-4-7-18-8-5-11/h1-2,9,11,13,17H,3-8,10H2. The third-order valence-electron chi connectivity index (χ3n) is 4.22. The van der Waals surface area contributed by atoms with Crippen molar-refractivity contribution >= 4 is 23.4 Å². The number of rotatable bonds is 2. The van der Waals surface area contributed by atoms with E-state index in [4.69, 9.17) is 11.6 Å². The van der Waals surface area contributed by atoms with Crippen molar-refractivity contribution in [2.24, 2.45) is 0 Å². The third kappa shape index (κ3) is 2.71. The van der Waals surface area contributed by atoms with Crippen LogP contribution >= 0.6 is 23.4 Å². The molecule has 2 aliphatic rings. The molecule has 1 N–H and O–H groups in total. The summed E-state index contributed by atoms with van der Waals surface area (Å²) >= 11 is 8.59. The average molecular weight is 282 g/mol. The molecule has 2 saturated heterocycles. The van der Waals surface area contributed by atoms with Gasteiger partial charge in [0.15, 0.2) is 0 Å². The van der Waals surface area contributed by atoms with Crippen LogP contribution in [0.2, 0.25) is 5.02 Å². The van der Waals surface area contributed by atoms with Crippen LogP contribution in [0.1, 0.15) is 42.2 Å². The second kappa shape index (κ2) is 5.85. The van der Waals surface area contributed by atoms with Gasteiger partial charge in [-0.15, -0.1) is 0 Å². The molecule has 0 radical (unpaired) electrons. The summed E-state index contributed by atoms with van der Waals surface area (Å²) in [4.78, 5) is 0. The van der Waals surface area contributed by atoms with Gasteiger partial charge in [0.25, 0.3) is 0 Å². The van der Waals surface area contributed by atoms with Gasteiger partial charge in [-0.05, 0) is 66.3 Å². The lowest BCUT2D eigenvalue weighted by Crippen LogP contribution is -2.10. The lowest BCUT2D eigenvalue weighted by atomic mass is 9.90. The van der Waals surface area contributed by atoms with Crippen LogP contribution in [0.25, 0.3) is 0 Å². The maximum absolute atomic E-state index is 6.51. The van der Waals surface area contributed by atoms with E-state index in [1.54, 1.807) is 0 Å². The Morgan fingerprint density at radius 1 is 1.11 bits per heavy atom. The minimum atomic E-state index is 0.665. The summed E-state index contributed by atoms with van der Waals surface area (Å²) in [6.45, 7) is 2.25. The fourth-order valence-corrected chi connectivity index (χ4v) is 4.53. The van der Waals surface area contributed by atoms with Crippen molar-refractivity contribution in [3.63, 3.8) is 0 Å². The summed E-state index contributed by atoms with van der Waals surface area (Å²) in [5.41, 5.74) is 2.80. The van der Waals surface area contributed by atoms with Crippen LogP contribution in [0.4, 0.5) is 0 Å². The van der Waals surface area contributed by atoms with Crippen molar-refractivity contribution in [1.82, 2.24) is 5.32 Å². The van der Waals surface area contributed by atoms with Gasteiger partial charge >= 0.3 is 0 Å². The molecule has 2 heterocycles. The van der Waals surface area contributed by atoms with Crippen LogP contribution in [-0.2, 0) is 0 Å². The Kier molecular flexibility index (Phi) is 4.17. The van der Waals surface area contributed by atoms with Crippen LogP contribution in [0.5, 0.6) is 0 Å². The quantitative estimate of drug-likeness (QED) is 0.878. The summed E-state index contributed by atoms with van der Waals surface area (Å²) < 4.78 is 0. The van der Waals surface area contributed by atoms with E-state index in [9.17, 15) is 0 Å². The number of hydrogen-bond donors (Lipinski definition) is 1. The van der Waals surface area contributed by atoms with E-state index in [1.165, 1.54) is 41.9 Å². The molecule has 0 amide bonds. The smallest absolute Gasteiger partial charge is 0.0443 e. The molecule has 1 unspecified atom stereocenters. The fraction of sp³-hybridized carbons (Fsp3) is 0.600. The zero-order valence-electron chi connectivity index (χ0n) is 10.6. The van der Waals surface area contributed by atoms with E-state index in [-0.39, 0.29) is 0 Å². The molecule has 1 atom stereocenters. The first kappa shape index (κ1) is 12.8. The Balaban J connectivity index is 1.79. The number of benzene rings is 1. The normalized spacial score (nSPS) is 25.5. The first-order chi connectivity index (χ1) is 8.84. The van der Waals surface area contributed by atoms with E-state index in [0.29, 0.717) is 11.8 Å². The van der Waals surface area contributed by atoms with Crippen molar-refractivity contribution in [2.75, 3.05) is 24.6 Å². The topological polar surface area (TPSA) is 12.0 Å². The summed E-state index contributed by atoms with van der Waals surface area (Å²) in [5.74, 6) is 3.93. The molecule has 1 nitrogen and oxygen atoms in total. The molecule has 98 valence electrons. The van der Waals surface area contributed by atoms with Crippen molar-refractivity contribution in [3.05, 3.63) is 34.3 Å². The fourth-order valence-electron chi connectivity index (χ4n) is 3.08. The van der Waals surface area contributed by atoms with Crippen molar-refractivity contribution in [1.29, 1.82) is 0 Å². The molecule has 2 fully saturated rings. The minimum absolute atomic E-state index is 0.665. The van der Waals surface area contributed by atoms with Gasteiger partial charge in [-0.25, -0.2) is 0 Å². The van der Waals surface area contributed by atoms with Crippen molar-refractivity contribution in [2.45, 2.75) is 31.1 Å². The molecule has 0 saturated carbocycles. The Labute approximate surface area is 119 Å². The van der Waals surface area contributed by atoms with E-state index >= 15 is 0 Å². The number of hydrogen-bond acceptors (Lipinski definition) is 2. The number of halogens is 1. The molecule has 1 aromatic carbocycles. The highest BCUT2D eigenvalue weighted by molar-refractivity contribution is 7.99. The zero-order valence-corrected chi connectivity index (χ0v) is 12.2. The van der Waals surface area contributed by atoms with E-state index in [2.05, 4.69) is 35.3 Å². The number of thioether (sulfide) groups is 1. The van der Waals surface area contributed by atoms with Gasteiger partial charge in [0.2, 0.25) is 0 Å². The molecule has 0 aliphatic carbocycles. The Morgan fingerprint density at radius 2 is 1.94 bits per heavy atom. The van der Waals surface area contributed by atoms with E-state index in [0.717, 1.165) is 18.1 Å².